The number of aryl methyl sites for hydroxylation is 2. The second-order valence-corrected chi connectivity index (χ2v) is 4.86. The summed E-state index contributed by atoms with van der Waals surface area (Å²) >= 11 is 0. The summed E-state index contributed by atoms with van der Waals surface area (Å²) < 4.78 is 9.66. The van der Waals surface area contributed by atoms with E-state index < -0.39 is 5.97 Å². The van der Waals surface area contributed by atoms with Crippen molar-refractivity contribution >= 4 is 5.97 Å². The molecule has 0 aliphatic carbocycles. The monoisotopic (exact) mass is 273 g/mol. The van der Waals surface area contributed by atoms with Gasteiger partial charge in [0.25, 0.3) is 0 Å². The van der Waals surface area contributed by atoms with Crippen molar-refractivity contribution < 1.29 is 11.3 Å². The molecule has 1 heterocycles. The van der Waals surface area contributed by atoms with Crippen LogP contribution in [-0.2, 0) is 13.0 Å². The zero-order valence-electron chi connectivity index (χ0n) is 12.7. The highest BCUT2D eigenvalue weighted by molar-refractivity contribution is 5.87. The Morgan fingerprint density at radius 1 is 1.40 bits per heavy atom. The van der Waals surface area contributed by atoms with Crippen LogP contribution in [0.1, 0.15) is 48.6 Å². The summed E-state index contributed by atoms with van der Waals surface area (Å²) in [7, 11) is 0. The Balaban J connectivity index is 2.20. The predicted molar refractivity (Wildman–Crippen MR) is 78.1 cm³/mol. The van der Waals surface area contributed by atoms with E-state index in [-0.39, 0.29) is 12.5 Å². The molecular formula is C16H20N2O2. The molecule has 0 bridgehead atoms. The lowest BCUT2D eigenvalue weighted by molar-refractivity contribution is 0.0697. The third-order valence-corrected chi connectivity index (χ3v) is 3.32. The second-order valence-electron chi connectivity index (χ2n) is 4.86. The first kappa shape index (κ1) is 12.9. The number of rotatable bonds is 6. The summed E-state index contributed by atoms with van der Waals surface area (Å²) in [6, 6.07) is 6.86. The van der Waals surface area contributed by atoms with Crippen LogP contribution in [0.3, 0.4) is 0 Å². The molecular weight excluding hydrogens is 252 g/mol. The predicted octanol–water partition coefficient (Wildman–Crippen LogP) is 3.28. The lowest BCUT2D eigenvalue weighted by Crippen LogP contribution is -2.07. The van der Waals surface area contributed by atoms with E-state index in [0.29, 0.717) is 6.54 Å². The number of unbranched alkanes of at least 4 members (excludes halogenated alkanes) is 1. The van der Waals surface area contributed by atoms with E-state index in [1.807, 2.05) is 12.1 Å². The Kier molecular flexibility index (Phi) is 4.11. The Hall–Kier alpha value is -2.10. The number of carboxylic acid groups (broad SMARTS) is 1. The molecule has 0 amide bonds. The third-order valence-electron chi connectivity index (χ3n) is 3.32. The lowest BCUT2D eigenvalue weighted by atomic mass is 10.1. The number of aromatic carboxylic acids is 1. The molecule has 0 spiro atoms. The lowest BCUT2D eigenvalue weighted by Gasteiger charge is -2.10. The van der Waals surface area contributed by atoms with Crippen LogP contribution in [0, 0.1) is 6.90 Å². The molecule has 1 N–H and O–H groups in total. The summed E-state index contributed by atoms with van der Waals surface area (Å²) in [4.78, 5) is 15.3. The van der Waals surface area contributed by atoms with Gasteiger partial charge in [-0.3, -0.25) is 0 Å². The molecule has 0 fully saturated rings. The number of carbonyl (C=O) groups is 1. The van der Waals surface area contributed by atoms with Gasteiger partial charge in [0.2, 0.25) is 0 Å². The van der Waals surface area contributed by atoms with E-state index in [4.69, 9.17) is 6.48 Å². The van der Waals surface area contributed by atoms with Crippen LogP contribution in [-0.4, -0.2) is 20.6 Å². The highest BCUT2D eigenvalue weighted by Crippen LogP contribution is 2.13. The van der Waals surface area contributed by atoms with Gasteiger partial charge in [-0.15, -0.1) is 0 Å². The molecule has 20 heavy (non-hydrogen) atoms. The van der Waals surface area contributed by atoms with Gasteiger partial charge in [-0.1, -0.05) is 25.5 Å². The highest BCUT2D eigenvalue weighted by Gasteiger charge is 2.08. The Morgan fingerprint density at radius 3 is 2.75 bits per heavy atom. The number of benzene rings is 1. The van der Waals surface area contributed by atoms with Crippen molar-refractivity contribution in [3.8, 4) is 0 Å². The summed E-state index contributed by atoms with van der Waals surface area (Å²) in [6.45, 7) is 2.97. The molecule has 0 aliphatic rings. The number of imidazole rings is 1. The van der Waals surface area contributed by atoms with Gasteiger partial charge in [-0.05, 0) is 31.0 Å². The van der Waals surface area contributed by atoms with Crippen LogP contribution < -0.4 is 0 Å². The summed E-state index contributed by atoms with van der Waals surface area (Å²) in [5.74, 6) is 0.0843. The molecule has 0 saturated carbocycles. The topological polar surface area (TPSA) is 55.1 Å². The van der Waals surface area contributed by atoms with E-state index in [0.717, 1.165) is 36.3 Å². The van der Waals surface area contributed by atoms with Gasteiger partial charge in [-0.2, -0.15) is 0 Å². The summed E-state index contributed by atoms with van der Waals surface area (Å²) in [5.41, 5.74) is 2.20. The standard InChI is InChI=1S/C16H20N2O2/c1-3-4-5-15-17-10-12(2)18(15)11-13-6-8-14(9-7-13)16(19)20/h6-10H,3-5,11H2,1-2H3,(H,19,20)/i2D. The molecule has 2 rings (SSSR count). The normalized spacial score (nSPS) is 11.3. The van der Waals surface area contributed by atoms with Crippen LogP contribution in [0.4, 0.5) is 0 Å². The maximum Gasteiger partial charge on any atom is 0.335 e. The fraction of sp³-hybridized carbons (Fsp3) is 0.375. The Bertz CT molecular complexity index is 605. The van der Waals surface area contributed by atoms with E-state index in [1.165, 1.54) is 0 Å². The molecule has 4 nitrogen and oxygen atoms in total. The molecule has 4 heteroatoms. The Morgan fingerprint density at radius 2 is 2.15 bits per heavy atom. The van der Waals surface area contributed by atoms with Crippen molar-refractivity contribution in [2.45, 2.75) is 39.6 Å². The minimum Gasteiger partial charge on any atom is -0.478 e. The first-order valence-electron chi connectivity index (χ1n) is 7.51. The van der Waals surface area contributed by atoms with Gasteiger partial charge >= 0.3 is 5.97 Å². The van der Waals surface area contributed by atoms with E-state index in [2.05, 4.69) is 16.5 Å². The molecule has 1 aromatic carbocycles. The summed E-state index contributed by atoms with van der Waals surface area (Å²) in [6.07, 6.45) is 4.86. The molecule has 106 valence electrons. The SMILES string of the molecule is [2H]Cc1cnc(CCCC)n1Cc1ccc(C(=O)O)cc1. The van der Waals surface area contributed by atoms with E-state index in [1.54, 1.807) is 18.3 Å². The van der Waals surface area contributed by atoms with E-state index in [9.17, 15) is 4.79 Å². The van der Waals surface area contributed by atoms with Crippen LogP contribution in [0.5, 0.6) is 0 Å². The molecule has 0 aliphatic heterocycles. The molecule has 0 saturated heterocycles. The van der Waals surface area contributed by atoms with Gasteiger partial charge in [0.05, 0.1) is 5.56 Å². The first-order chi connectivity index (χ1) is 10.2. The smallest absolute Gasteiger partial charge is 0.335 e. The van der Waals surface area contributed by atoms with Crippen molar-refractivity contribution in [3.63, 3.8) is 0 Å². The fourth-order valence-corrected chi connectivity index (χ4v) is 2.12. The molecule has 1 aromatic heterocycles. The second kappa shape index (κ2) is 6.37. The van der Waals surface area contributed by atoms with Crippen molar-refractivity contribution in [2.24, 2.45) is 0 Å². The highest BCUT2D eigenvalue weighted by atomic mass is 16.4. The van der Waals surface area contributed by atoms with Gasteiger partial charge in [0.1, 0.15) is 5.82 Å². The fourth-order valence-electron chi connectivity index (χ4n) is 2.12. The number of nitrogens with zero attached hydrogens (tertiary/aromatic N) is 2. The zero-order chi connectivity index (χ0) is 15.2. The minimum absolute atomic E-state index is 0.201. The van der Waals surface area contributed by atoms with Crippen LogP contribution >= 0.6 is 0 Å². The van der Waals surface area contributed by atoms with Crippen LogP contribution in [0.15, 0.2) is 30.5 Å². The number of hydrogen-bond acceptors (Lipinski definition) is 2. The number of carboxylic acids is 1. The molecule has 0 radical (unpaired) electrons. The zero-order valence-corrected chi connectivity index (χ0v) is 11.7. The average molecular weight is 273 g/mol. The van der Waals surface area contributed by atoms with Crippen molar-refractivity contribution in [3.05, 3.63) is 53.1 Å². The maximum absolute atomic E-state index is 10.9. The van der Waals surface area contributed by atoms with Crippen molar-refractivity contribution in [1.82, 2.24) is 9.55 Å². The van der Waals surface area contributed by atoms with Crippen LogP contribution in [0.25, 0.3) is 0 Å². The summed E-state index contributed by atoms with van der Waals surface area (Å²) in [5, 5.41) is 8.92. The molecule has 2 aromatic rings. The minimum atomic E-state index is -0.917. The van der Waals surface area contributed by atoms with Crippen molar-refractivity contribution in [2.75, 3.05) is 0 Å². The van der Waals surface area contributed by atoms with Gasteiger partial charge < -0.3 is 9.67 Å². The third kappa shape index (κ3) is 3.26. The van der Waals surface area contributed by atoms with Gasteiger partial charge in [0, 0.05) is 26.2 Å². The maximum atomic E-state index is 10.9. The van der Waals surface area contributed by atoms with Gasteiger partial charge in [0.15, 0.2) is 0 Å². The average Bonchev–Trinajstić information content (AvgIpc) is 2.87. The first-order valence-corrected chi connectivity index (χ1v) is 6.80. The van der Waals surface area contributed by atoms with E-state index >= 15 is 0 Å². The number of hydrogen-bond donors (Lipinski definition) is 1. The molecule has 0 atom stereocenters. The van der Waals surface area contributed by atoms with Gasteiger partial charge in [-0.25, -0.2) is 9.78 Å². The Labute approximate surface area is 120 Å². The quantitative estimate of drug-likeness (QED) is 0.878. The van der Waals surface area contributed by atoms with Crippen LogP contribution in [0.2, 0.25) is 0 Å². The van der Waals surface area contributed by atoms with Crippen molar-refractivity contribution in [1.29, 1.82) is 0 Å². The largest absolute Gasteiger partial charge is 0.478 e. The molecule has 0 unspecified atom stereocenters. The number of aromatic nitrogens is 2.